The van der Waals surface area contributed by atoms with Gasteiger partial charge in [0, 0.05) is 24.7 Å². The van der Waals surface area contributed by atoms with Crippen LogP contribution in [0.3, 0.4) is 0 Å². The smallest absolute Gasteiger partial charge is 0.308 e. The molecule has 6 nitrogen and oxygen atoms in total. The summed E-state index contributed by atoms with van der Waals surface area (Å²) in [5.41, 5.74) is 2.59. The lowest BCUT2D eigenvalue weighted by atomic mass is 9.89. The molecule has 2 N–H and O–H groups in total. The van der Waals surface area contributed by atoms with Crippen LogP contribution in [-0.4, -0.2) is 40.0 Å². The van der Waals surface area contributed by atoms with Crippen LogP contribution in [0.25, 0.3) is 0 Å². The van der Waals surface area contributed by atoms with Crippen molar-refractivity contribution >= 4 is 11.9 Å². The number of amides is 1. The topological polar surface area (TPSA) is 90.5 Å². The number of carboxylic acid groups (broad SMARTS) is 1. The standard InChI is InChI=1S/C21H22N2O4/c24-19-15(10-14-8-4-5-9-18(14)22-19)20(25)23-11-16(17(12-23)21(26)27)13-6-2-1-3-7-13/h1-3,6-7,10,16-17H,4-5,8-9,11-12H2,(H,22,24)(H,26,27)/t16-,17-/m1/s1. The predicted molar refractivity (Wildman–Crippen MR) is 99.9 cm³/mol. The van der Waals surface area contributed by atoms with Gasteiger partial charge in [-0.05, 0) is 42.9 Å². The summed E-state index contributed by atoms with van der Waals surface area (Å²) in [5, 5.41) is 9.62. The highest BCUT2D eigenvalue weighted by molar-refractivity contribution is 5.95. The number of carbonyl (C=O) groups excluding carboxylic acids is 1. The van der Waals surface area contributed by atoms with Crippen LogP contribution in [0.4, 0.5) is 0 Å². The van der Waals surface area contributed by atoms with Gasteiger partial charge in [-0.2, -0.15) is 0 Å². The molecule has 27 heavy (non-hydrogen) atoms. The fourth-order valence-electron chi connectivity index (χ4n) is 4.26. The number of benzene rings is 1. The van der Waals surface area contributed by atoms with Gasteiger partial charge in [-0.15, -0.1) is 0 Å². The van der Waals surface area contributed by atoms with Crippen LogP contribution in [0.1, 0.15) is 45.9 Å². The minimum atomic E-state index is -0.918. The number of nitrogens with one attached hydrogen (secondary N) is 1. The number of fused-ring (bicyclic) bond motifs is 1. The van der Waals surface area contributed by atoms with Gasteiger partial charge in [0.1, 0.15) is 5.56 Å². The largest absolute Gasteiger partial charge is 0.481 e. The molecule has 2 aromatic rings. The molecule has 0 unspecified atom stereocenters. The first-order valence-corrected chi connectivity index (χ1v) is 9.36. The number of H-pyrrole nitrogens is 1. The first-order chi connectivity index (χ1) is 13.0. The van der Waals surface area contributed by atoms with Crippen molar-refractivity contribution in [1.82, 2.24) is 9.88 Å². The van der Waals surface area contributed by atoms with E-state index in [4.69, 9.17) is 0 Å². The number of nitrogens with zero attached hydrogens (tertiary/aromatic N) is 1. The maximum atomic E-state index is 13.0. The van der Waals surface area contributed by atoms with Gasteiger partial charge >= 0.3 is 5.97 Å². The van der Waals surface area contributed by atoms with Crippen LogP contribution in [0.15, 0.2) is 41.2 Å². The lowest BCUT2D eigenvalue weighted by Gasteiger charge is -2.19. The van der Waals surface area contributed by atoms with Crippen LogP contribution >= 0.6 is 0 Å². The molecule has 0 spiro atoms. The highest BCUT2D eigenvalue weighted by atomic mass is 16.4. The van der Waals surface area contributed by atoms with Crippen molar-refractivity contribution in [3.63, 3.8) is 0 Å². The Morgan fingerprint density at radius 1 is 1.07 bits per heavy atom. The number of carboxylic acids is 1. The Labute approximate surface area is 156 Å². The Morgan fingerprint density at radius 2 is 1.81 bits per heavy atom. The number of aryl methyl sites for hydroxylation is 2. The molecule has 1 fully saturated rings. The Kier molecular flexibility index (Phi) is 4.56. The molecule has 2 heterocycles. The molecule has 2 atom stereocenters. The molecule has 1 aliphatic heterocycles. The Morgan fingerprint density at radius 3 is 2.56 bits per heavy atom. The number of pyridine rings is 1. The molecule has 140 valence electrons. The SMILES string of the molecule is O=C(O)[C@@H]1CN(C(=O)c2cc3c([nH]c2=O)CCCC3)C[C@@H]1c1ccccc1. The molecule has 0 radical (unpaired) electrons. The molecule has 1 aromatic heterocycles. The summed E-state index contributed by atoms with van der Waals surface area (Å²) in [4.78, 5) is 41.6. The van der Waals surface area contributed by atoms with Gasteiger partial charge in [0.05, 0.1) is 5.92 Å². The van der Waals surface area contributed by atoms with E-state index in [9.17, 15) is 19.5 Å². The van der Waals surface area contributed by atoms with E-state index < -0.39 is 11.9 Å². The number of aromatic amines is 1. The van der Waals surface area contributed by atoms with Crippen molar-refractivity contribution in [3.05, 3.63) is 69.1 Å². The molecule has 1 aliphatic carbocycles. The number of hydrogen-bond donors (Lipinski definition) is 2. The number of aliphatic carboxylic acids is 1. The van der Waals surface area contributed by atoms with E-state index in [0.717, 1.165) is 42.5 Å². The summed E-state index contributed by atoms with van der Waals surface area (Å²) in [6, 6.07) is 11.1. The summed E-state index contributed by atoms with van der Waals surface area (Å²) < 4.78 is 0. The van der Waals surface area contributed by atoms with Crippen molar-refractivity contribution in [3.8, 4) is 0 Å². The normalized spacial score (nSPS) is 21.7. The third-order valence-corrected chi connectivity index (χ3v) is 5.72. The van der Waals surface area contributed by atoms with E-state index in [2.05, 4.69) is 4.98 Å². The zero-order valence-corrected chi connectivity index (χ0v) is 15.0. The maximum absolute atomic E-state index is 13.0. The average molecular weight is 366 g/mol. The second kappa shape index (κ2) is 7.02. The second-order valence-corrected chi connectivity index (χ2v) is 7.40. The molecule has 1 aromatic carbocycles. The van der Waals surface area contributed by atoms with E-state index in [1.54, 1.807) is 6.07 Å². The lowest BCUT2D eigenvalue weighted by molar-refractivity contribution is -0.141. The van der Waals surface area contributed by atoms with Crippen LogP contribution in [0.2, 0.25) is 0 Å². The molecule has 0 bridgehead atoms. The van der Waals surface area contributed by atoms with Crippen LogP contribution in [0, 0.1) is 5.92 Å². The predicted octanol–water partition coefficient (Wildman–Crippen LogP) is 2.19. The molecule has 4 rings (SSSR count). The monoisotopic (exact) mass is 366 g/mol. The Balaban J connectivity index is 1.63. The molecular weight excluding hydrogens is 344 g/mol. The number of carbonyl (C=O) groups is 2. The summed E-state index contributed by atoms with van der Waals surface area (Å²) in [7, 11) is 0. The second-order valence-electron chi connectivity index (χ2n) is 7.40. The van der Waals surface area contributed by atoms with Crippen molar-refractivity contribution in [1.29, 1.82) is 0 Å². The summed E-state index contributed by atoms with van der Waals surface area (Å²) >= 11 is 0. The highest BCUT2D eigenvalue weighted by Gasteiger charge is 2.41. The number of aromatic nitrogens is 1. The summed E-state index contributed by atoms with van der Waals surface area (Å²) in [6.07, 6.45) is 3.78. The molecular formula is C21H22N2O4. The van der Waals surface area contributed by atoms with Crippen molar-refractivity contribution < 1.29 is 14.7 Å². The maximum Gasteiger partial charge on any atom is 0.308 e. The minimum Gasteiger partial charge on any atom is -0.481 e. The molecule has 2 aliphatic rings. The van der Waals surface area contributed by atoms with Crippen molar-refractivity contribution in [2.75, 3.05) is 13.1 Å². The highest BCUT2D eigenvalue weighted by Crippen LogP contribution is 2.33. The fraction of sp³-hybridized carbons (Fsp3) is 0.381. The summed E-state index contributed by atoms with van der Waals surface area (Å²) in [6.45, 7) is 0.417. The Hall–Kier alpha value is -2.89. The van der Waals surface area contributed by atoms with E-state index >= 15 is 0 Å². The molecule has 1 saturated heterocycles. The number of hydrogen-bond acceptors (Lipinski definition) is 3. The third-order valence-electron chi connectivity index (χ3n) is 5.72. The van der Waals surface area contributed by atoms with E-state index in [0.29, 0.717) is 6.54 Å². The van der Waals surface area contributed by atoms with E-state index in [1.165, 1.54) is 4.90 Å². The van der Waals surface area contributed by atoms with Crippen molar-refractivity contribution in [2.24, 2.45) is 5.92 Å². The van der Waals surface area contributed by atoms with Crippen LogP contribution in [0.5, 0.6) is 0 Å². The lowest BCUT2D eigenvalue weighted by Crippen LogP contribution is -2.34. The van der Waals surface area contributed by atoms with Gasteiger partial charge in [-0.25, -0.2) is 0 Å². The Bertz CT molecular complexity index is 935. The van der Waals surface area contributed by atoms with Gasteiger partial charge in [0.15, 0.2) is 0 Å². The number of likely N-dealkylation sites (tertiary alicyclic amines) is 1. The van der Waals surface area contributed by atoms with Gasteiger partial charge in [-0.1, -0.05) is 30.3 Å². The van der Waals surface area contributed by atoms with Crippen LogP contribution in [-0.2, 0) is 17.6 Å². The first kappa shape index (κ1) is 17.5. The van der Waals surface area contributed by atoms with Gasteiger partial charge in [0.25, 0.3) is 11.5 Å². The van der Waals surface area contributed by atoms with Gasteiger partial charge in [-0.3, -0.25) is 14.4 Å². The first-order valence-electron chi connectivity index (χ1n) is 9.36. The fourth-order valence-corrected chi connectivity index (χ4v) is 4.26. The van der Waals surface area contributed by atoms with E-state index in [1.807, 2.05) is 30.3 Å². The zero-order valence-electron chi connectivity index (χ0n) is 15.0. The quantitative estimate of drug-likeness (QED) is 0.871. The summed E-state index contributed by atoms with van der Waals surface area (Å²) in [5.74, 6) is -2.25. The number of rotatable bonds is 3. The zero-order chi connectivity index (χ0) is 19.0. The minimum absolute atomic E-state index is 0.115. The molecule has 6 heteroatoms. The van der Waals surface area contributed by atoms with Crippen LogP contribution < -0.4 is 5.56 Å². The third kappa shape index (κ3) is 3.27. The van der Waals surface area contributed by atoms with Crippen molar-refractivity contribution in [2.45, 2.75) is 31.6 Å². The van der Waals surface area contributed by atoms with Gasteiger partial charge < -0.3 is 15.0 Å². The molecule has 0 saturated carbocycles. The molecule has 1 amide bonds. The average Bonchev–Trinajstić information content (AvgIpc) is 3.13. The van der Waals surface area contributed by atoms with E-state index in [-0.39, 0.29) is 29.5 Å². The van der Waals surface area contributed by atoms with Gasteiger partial charge in [0.2, 0.25) is 0 Å².